The summed E-state index contributed by atoms with van der Waals surface area (Å²) in [6.45, 7) is 9.37. The smallest absolute Gasteiger partial charge is 0.164 e. The Kier molecular flexibility index (Phi) is 4.68. The molecule has 5 heterocycles. The second kappa shape index (κ2) is 8.23. The third-order valence-electron chi connectivity index (χ3n) is 9.65. The Labute approximate surface area is 249 Å². The topological polar surface area (TPSA) is 56.5 Å². The van der Waals surface area contributed by atoms with Gasteiger partial charge in [-0.05, 0) is 40.5 Å². The van der Waals surface area contributed by atoms with Gasteiger partial charge in [0.05, 0.1) is 22.2 Å². The molecule has 0 unspecified atom stereocenters. The van der Waals surface area contributed by atoms with Crippen molar-refractivity contribution in [3.8, 4) is 39.9 Å². The van der Waals surface area contributed by atoms with Crippen LogP contribution in [0, 0.1) is 0 Å². The first-order valence-corrected chi connectivity index (χ1v) is 14.8. The fourth-order valence-corrected chi connectivity index (χ4v) is 7.40. The Balaban J connectivity index is 1.40. The molecule has 4 aromatic carbocycles. The van der Waals surface area contributed by atoms with Crippen LogP contribution >= 0.6 is 0 Å². The van der Waals surface area contributed by atoms with E-state index in [1.807, 2.05) is 42.6 Å². The lowest BCUT2D eigenvalue weighted by Crippen LogP contribution is -2.33. The molecule has 0 saturated heterocycles. The molecule has 0 aliphatic carbocycles. The Morgan fingerprint density at radius 2 is 1.07 bits per heavy atom. The van der Waals surface area contributed by atoms with Gasteiger partial charge in [0.25, 0.3) is 0 Å². The SMILES string of the molecule is CC1(C)c2cccc3c2-n2c4c1cc(-c1nc(-c5ccccc5)nc(-c5ccccc5)n1)cc4c1nccc(c12)C3(C)C. The largest absolute Gasteiger partial charge is 0.306 e. The van der Waals surface area contributed by atoms with Crippen LogP contribution in [-0.2, 0) is 10.8 Å². The molecule has 9 rings (SSSR count). The number of pyridine rings is 1. The van der Waals surface area contributed by atoms with Crippen molar-refractivity contribution in [2.24, 2.45) is 0 Å². The van der Waals surface area contributed by atoms with E-state index in [-0.39, 0.29) is 10.8 Å². The van der Waals surface area contributed by atoms with Crippen molar-refractivity contribution in [3.63, 3.8) is 0 Å². The predicted molar refractivity (Wildman–Crippen MR) is 173 cm³/mol. The number of fused-ring (bicyclic) bond motifs is 1. The van der Waals surface area contributed by atoms with Gasteiger partial charge in [0, 0.05) is 39.1 Å². The van der Waals surface area contributed by atoms with Gasteiger partial charge in [-0.3, -0.25) is 4.98 Å². The molecule has 43 heavy (non-hydrogen) atoms. The van der Waals surface area contributed by atoms with E-state index < -0.39 is 0 Å². The average Bonchev–Trinajstić information content (AvgIpc) is 3.38. The van der Waals surface area contributed by atoms with Gasteiger partial charge >= 0.3 is 0 Å². The molecule has 0 N–H and O–H groups in total. The first kappa shape index (κ1) is 24.4. The molecule has 0 atom stereocenters. The van der Waals surface area contributed by atoms with Crippen LogP contribution < -0.4 is 0 Å². The second-order valence-corrected chi connectivity index (χ2v) is 12.8. The first-order chi connectivity index (χ1) is 20.8. The molecule has 2 aliphatic rings. The summed E-state index contributed by atoms with van der Waals surface area (Å²) in [5.41, 5.74) is 12.6. The summed E-state index contributed by atoms with van der Waals surface area (Å²) in [4.78, 5) is 20.1. The maximum absolute atomic E-state index is 5.08. The molecule has 5 nitrogen and oxygen atoms in total. The molecule has 0 spiro atoms. The van der Waals surface area contributed by atoms with E-state index >= 15 is 0 Å². The van der Waals surface area contributed by atoms with Crippen LogP contribution in [0.3, 0.4) is 0 Å². The Morgan fingerprint density at radius 1 is 0.512 bits per heavy atom. The molecule has 0 bridgehead atoms. The minimum Gasteiger partial charge on any atom is -0.306 e. The zero-order chi connectivity index (χ0) is 29.1. The van der Waals surface area contributed by atoms with Gasteiger partial charge < -0.3 is 4.57 Å². The van der Waals surface area contributed by atoms with Gasteiger partial charge in [0.2, 0.25) is 0 Å². The maximum Gasteiger partial charge on any atom is 0.164 e. The first-order valence-electron chi connectivity index (χ1n) is 14.8. The summed E-state index contributed by atoms with van der Waals surface area (Å²) in [5, 5.41) is 1.14. The highest BCUT2D eigenvalue weighted by Gasteiger charge is 2.43. The predicted octanol–water partition coefficient (Wildman–Crippen LogP) is 8.64. The van der Waals surface area contributed by atoms with Crippen LogP contribution in [0.2, 0.25) is 0 Å². The molecule has 3 aromatic heterocycles. The number of nitrogens with zero attached hydrogens (tertiary/aromatic N) is 5. The van der Waals surface area contributed by atoms with E-state index in [1.54, 1.807) is 0 Å². The van der Waals surface area contributed by atoms with Crippen molar-refractivity contribution in [2.75, 3.05) is 0 Å². The highest BCUT2D eigenvalue weighted by molar-refractivity contribution is 6.13. The molecule has 0 fully saturated rings. The third kappa shape index (κ3) is 3.17. The van der Waals surface area contributed by atoms with Gasteiger partial charge in [0.15, 0.2) is 17.5 Å². The van der Waals surface area contributed by atoms with Gasteiger partial charge in [0.1, 0.15) is 0 Å². The van der Waals surface area contributed by atoms with Crippen molar-refractivity contribution in [1.82, 2.24) is 24.5 Å². The summed E-state index contributed by atoms with van der Waals surface area (Å²) in [6.07, 6.45) is 1.97. The van der Waals surface area contributed by atoms with Crippen LogP contribution in [-0.4, -0.2) is 24.5 Å². The lowest BCUT2D eigenvalue weighted by atomic mass is 9.68. The fraction of sp³-hybridized carbons (Fsp3) is 0.158. The van der Waals surface area contributed by atoms with Crippen LogP contribution in [0.5, 0.6) is 0 Å². The number of para-hydroxylation sites is 1. The van der Waals surface area contributed by atoms with Crippen LogP contribution in [0.25, 0.3) is 61.8 Å². The molecule has 0 saturated carbocycles. The van der Waals surface area contributed by atoms with E-state index in [4.69, 9.17) is 19.9 Å². The fourth-order valence-electron chi connectivity index (χ4n) is 7.40. The van der Waals surface area contributed by atoms with Crippen molar-refractivity contribution < 1.29 is 0 Å². The highest BCUT2D eigenvalue weighted by atomic mass is 15.1. The Morgan fingerprint density at radius 3 is 1.67 bits per heavy atom. The summed E-state index contributed by atoms with van der Waals surface area (Å²) >= 11 is 0. The minimum atomic E-state index is -0.241. The summed E-state index contributed by atoms with van der Waals surface area (Å²) in [7, 11) is 0. The molecule has 5 heteroatoms. The van der Waals surface area contributed by atoms with Gasteiger partial charge in [-0.2, -0.15) is 0 Å². The van der Waals surface area contributed by atoms with Crippen molar-refractivity contribution in [3.05, 3.63) is 126 Å². The number of benzene rings is 4. The van der Waals surface area contributed by atoms with Gasteiger partial charge in [-0.15, -0.1) is 0 Å². The van der Waals surface area contributed by atoms with Crippen molar-refractivity contribution in [1.29, 1.82) is 0 Å². The highest BCUT2D eigenvalue weighted by Crippen LogP contribution is 2.55. The van der Waals surface area contributed by atoms with Crippen molar-refractivity contribution >= 4 is 21.9 Å². The summed E-state index contributed by atoms with van der Waals surface area (Å²) in [5.74, 6) is 1.98. The molecular formula is C38H29N5. The van der Waals surface area contributed by atoms with Crippen LogP contribution in [0.4, 0.5) is 0 Å². The van der Waals surface area contributed by atoms with Gasteiger partial charge in [-0.1, -0.05) is 107 Å². The Bertz CT molecular complexity index is 2220. The van der Waals surface area contributed by atoms with E-state index in [2.05, 4.69) is 92.9 Å². The van der Waals surface area contributed by atoms with Crippen molar-refractivity contribution in [2.45, 2.75) is 38.5 Å². The second-order valence-electron chi connectivity index (χ2n) is 12.8. The minimum absolute atomic E-state index is 0.142. The van der Waals surface area contributed by atoms with E-state index in [0.717, 1.165) is 27.6 Å². The van der Waals surface area contributed by atoms with E-state index in [9.17, 15) is 0 Å². The summed E-state index contributed by atoms with van der Waals surface area (Å²) < 4.78 is 2.49. The summed E-state index contributed by atoms with van der Waals surface area (Å²) in [6, 6.07) is 33.9. The van der Waals surface area contributed by atoms with Crippen LogP contribution in [0.1, 0.15) is 49.9 Å². The zero-order valence-electron chi connectivity index (χ0n) is 24.6. The number of hydrogen-bond acceptors (Lipinski definition) is 4. The zero-order valence-corrected chi connectivity index (χ0v) is 24.6. The lowest BCUT2D eigenvalue weighted by Gasteiger charge is -2.41. The normalized spacial score (nSPS) is 15.3. The van der Waals surface area contributed by atoms with E-state index in [1.165, 1.54) is 39.0 Å². The number of hydrogen-bond donors (Lipinski definition) is 0. The monoisotopic (exact) mass is 555 g/mol. The lowest BCUT2D eigenvalue weighted by molar-refractivity contribution is 0.593. The average molecular weight is 556 g/mol. The van der Waals surface area contributed by atoms with Gasteiger partial charge in [-0.25, -0.2) is 15.0 Å². The molecule has 2 aliphatic heterocycles. The molecular weight excluding hydrogens is 526 g/mol. The quantitative estimate of drug-likeness (QED) is 0.219. The number of rotatable bonds is 3. The molecule has 0 radical (unpaired) electrons. The van der Waals surface area contributed by atoms with E-state index in [0.29, 0.717) is 17.5 Å². The maximum atomic E-state index is 5.08. The number of aromatic nitrogens is 5. The van der Waals surface area contributed by atoms with Crippen LogP contribution in [0.15, 0.2) is 103 Å². The molecule has 206 valence electrons. The molecule has 7 aromatic rings. The molecule has 0 amide bonds. The Hall–Kier alpha value is -5.16. The third-order valence-corrected chi connectivity index (χ3v) is 9.65. The standard InChI is InChI=1S/C38H29N5/c1-37(2)26-16-11-17-27-32(26)43-31-25(30-33(43)28(37)18-19-39-30)20-24(21-29(31)38(27,3)4)36-41-34(22-12-7-5-8-13-22)40-35(42-36)23-14-9-6-10-15-23/h5-21H,1-4H3.